The molecule has 0 aliphatic carbocycles. The van der Waals surface area contributed by atoms with Crippen LogP contribution in [-0.2, 0) is 10.2 Å². The van der Waals surface area contributed by atoms with Crippen LogP contribution in [0, 0.1) is 6.92 Å². The van der Waals surface area contributed by atoms with Crippen LogP contribution in [0.3, 0.4) is 0 Å². The first-order chi connectivity index (χ1) is 8.91. The molecule has 0 saturated heterocycles. The van der Waals surface area contributed by atoms with Gasteiger partial charge in [-0.1, -0.05) is 28.9 Å². The summed E-state index contributed by atoms with van der Waals surface area (Å²) < 4.78 is 4.80. The molecule has 2 aromatic rings. The summed E-state index contributed by atoms with van der Waals surface area (Å²) in [6, 6.07) is 7.29. The number of rotatable bonds is 3. The molecule has 0 aliphatic rings. The number of amides is 1. The van der Waals surface area contributed by atoms with Crippen molar-refractivity contribution in [3.63, 3.8) is 0 Å². The number of carbonyl (C=O) groups excluding carboxylic acids is 1. The summed E-state index contributed by atoms with van der Waals surface area (Å²) >= 11 is 5.97. The fourth-order valence-corrected chi connectivity index (χ4v) is 1.89. The molecule has 1 heterocycles. The standard InChI is InChI=1S/C14H15ClN2O2/c1-9-12(8-19-17-9)16-13(18)14(2,3)10-5-4-6-11(15)7-10/h4-8H,1-3H3,(H,16,18). The SMILES string of the molecule is Cc1nocc1NC(=O)C(C)(C)c1cccc(Cl)c1. The summed E-state index contributed by atoms with van der Waals surface area (Å²) in [7, 11) is 0. The van der Waals surface area contributed by atoms with Crippen LogP contribution >= 0.6 is 11.6 Å². The molecule has 0 atom stereocenters. The van der Waals surface area contributed by atoms with Crippen LogP contribution in [0.2, 0.25) is 5.02 Å². The lowest BCUT2D eigenvalue weighted by atomic mass is 9.83. The van der Waals surface area contributed by atoms with Gasteiger partial charge in [-0.25, -0.2) is 0 Å². The van der Waals surface area contributed by atoms with Crippen molar-refractivity contribution in [1.82, 2.24) is 5.16 Å². The molecular weight excluding hydrogens is 264 g/mol. The fourth-order valence-electron chi connectivity index (χ4n) is 1.70. The number of benzene rings is 1. The predicted octanol–water partition coefficient (Wildman–Crippen LogP) is 3.55. The number of nitrogens with zero attached hydrogens (tertiary/aromatic N) is 1. The molecule has 19 heavy (non-hydrogen) atoms. The van der Waals surface area contributed by atoms with Crippen LogP contribution in [0.15, 0.2) is 35.1 Å². The summed E-state index contributed by atoms with van der Waals surface area (Å²) in [5.41, 5.74) is 1.39. The van der Waals surface area contributed by atoms with E-state index in [1.54, 1.807) is 19.1 Å². The monoisotopic (exact) mass is 278 g/mol. The maximum atomic E-state index is 12.4. The third-order valence-corrected chi connectivity index (χ3v) is 3.35. The largest absolute Gasteiger partial charge is 0.362 e. The van der Waals surface area contributed by atoms with Crippen molar-refractivity contribution < 1.29 is 9.32 Å². The Morgan fingerprint density at radius 1 is 1.42 bits per heavy atom. The molecule has 0 spiro atoms. The van der Waals surface area contributed by atoms with E-state index in [-0.39, 0.29) is 5.91 Å². The Bertz CT molecular complexity index is 605. The topological polar surface area (TPSA) is 55.1 Å². The molecule has 0 bridgehead atoms. The average Bonchev–Trinajstić information content (AvgIpc) is 2.75. The normalized spacial score (nSPS) is 11.4. The summed E-state index contributed by atoms with van der Waals surface area (Å²) in [6.45, 7) is 5.46. The first kappa shape index (κ1) is 13.6. The van der Waals surface area contributed by atoms with E-state index in [1.807, 2.05) is 26.0 Å². The van der Waals surface area contributed by atoms with E-state index in [0.29, 0.717) is 16.4 Å². The molecule has 1 aromatic carbocycles. The third-order valence-electron chi connectivity index (χ3n) is 3.11. The van der Waals surface area contributed by atoms with Gasteiger partial charge in [0.2, 0.25) is 5.91 Å². The van der Waals surface area contributed by atoms with E-state index < -0.39 is 5.41 Å². The van der Waals surface area contributed by atoms with Crippen LogP contribution in [0.1, 0.15) is 25.1 Å². The molecule has 100 valence electrons. The summed E-state index contributed by atoms with van der Waals surface area (Å²) in [5, 5.41) is 7.15. The fraction of sp³-hybridized carbons (Fsp3) is 0.286. The first-order valence-corrected chi connectivity index (χ1v) is 6.27. The molecule has 0 radical (unpaired) electrons. The number of hydrogen-bond acceptors (Lipinski definition) is 3. The van der Waals surface area contributed by atoms with Crippen molar-refractivity contribution in [2.45, 2.75) is 26.2 Å². The molecule has 1 amide bonds. The lowest BCUT2D eigenvalue weighted by Gasteiger charge is -2.24. The highest BCUT2D eigenvalue weighted by Crippen LogP contribution is 2.27. The van der Waals surface area contributed by atoms with E-state index in [4.69, 9.17) is 16.1 Å². The number of halogens is 1. The van der Waals surface area contributed by atoms with Gasteiger partial charge in [0.25, 0.3) is 0 Å². The van der Waals surface area contributed by atoms with E-state index in [9.17, 15) is 4.79 Å². The second-order valence-corrected chi connectivity index (χ2v) is 5.34. The van der Waals surface area contributed by atoms with Gasteiger partial charge in [0.05, 0.1) is 5.41 Å². The Balaban J connectivity index is 2.24. The van der Waals surface area contributed by atoms with Gasteiger partial charge in [0.1, 0.15) is 17.6 Å². The van der Waals surface area contributed by atoms with Crippen LogP contribution in [0.5, 0.6) is 0 Å². The molecule has 0 unspecified atom stereocenters. The molecule has 0 aliphatic heterocycles. The molecular formula is C14H15ClN2O2. The van der Waals surface area contributed by atoms with Crippen LogP contribution < -0.4 is 5.32 Å². The minimum absolute atomic E-state index is 0.138. The lowest BCUT2D eigenvalue weighted by molar-refractivity contribution is -0.120. The summed E-state index contributed by atoms with van der Waals surface area (Å²) in [4.78, 5) is 12.4. The zero-order valence-electron chi connectivity index (χ0n) is 11.0. The maximum absolute atomic E-state index is 12.4. The Morgan fingerprint density at radius 3 is 2.74 bits per heavy atom. The smallest absolute Gasteiger partial charge is 0.234 e. The molecule has 0 fully saturated rings. The Kier molecular flexibility index (Phi) is 3.62. The highest BCUT2D eigenvalue weighted by Gasteiger charge is 2.30. The Morgan fingerprint density at radius 2 is 2.16 bits per heavy atom. The second-order valence-electron chi connectivity index (χ2n) is 4.90. The molecule has 1 N–H and O–H groups in total. The Labute approximate surface area is 116 Å². The van der Waals surface area contributed by atoms with Crippen LogP contribution in [0.25, 0.3) is 0 Å². The highest BCUT2D eigenvalue weighted by atomic mass is 35.5. The van der Waals surface area contributed by atoms with Gasteiger partial charge < -0.3 is 9.84 Å². The number of hydrogen-bond donors (Lipinski definition) is 1. The maximum Gasteiger partial charge on any atom is 0.234 e. The van der Waals surface area contributed by atoms with Crippen molar-refractivity contribution in [3.8, 4) is 0 Å². The van der Waals surface area contributed by atoms with Crippen molar-refractivity contribution in [2.75, 3.05) is 5.32 Å². The molecule has 4 nitrogen and oxygen atoms in total. The third kappa shape index (κ3) is 2.79. The van der Waals surface area contributed by atoms with Crippen molar-refractivity contribution in [1.29, 1.82) is 0 Å². The lowest BCUT2D eigenvalue weighted by Crippen LogP contribution is -2.34. The zero-order valence-corrected chi connectivity index (χ0v) is 11.8. The Hall–Kier alpha value is -1.81. The van der Waals surface area contributed by atoms with Crippen molar-refractivity contribution >= 4 is 23.2 Å². The van der Waals surface area contributed by atoms with E-state index in [2.05, 4.69) is 10.5 Å². The minimum Gasteiger partial charge on any atom is -0.362 e. The molecule has 5 heteroatoms. The van der Waals surface area contributed by atoms with Gasteiger partial charge in [-0.3, -0.25) is 4.79 Å². The molecule has 1 aromatic heterocycles. The second kappa shape index (κ2) is 5.05. The average molecular weight is 279 g/mol. The first-order valence-electron chi connectivity index (χ1n) is 5.90. The number of aryl methyl sites for hydroxylation is 1. The predicted molar refractivity (Wildman–Crippen MR) is 74.3 cm³/mol. The number of anilines is 1. The van der Waals surface area contributed by atoms with E-state index in [1.165, 1.54) is 6.26 Å². The van der Waals surface area contributed by atoms with Gasteiger partial charge in [-0.05, 0) is 38.5 Å². The highest BCUT2D eigenvalue weighted by molar-refractivity contribution is 6.30. The number of aromatic nitrogens is 1. The minimum atomic E-state index is -0.700. The van der Waals surface area contributed by atoms with Crippen LogP contribution in [0.4, 0.5) is 5.69 Å². The molecule has 2 rings (SSSR count). The van der Waals surface area contributed by atoms with Crippen molar-refractivity contribution in [3.05, 3.63) is 46.8 Å². The van der Waals surface area contributed by atoms with E-state index >= 15 is 0 Å². The molecule has 0 saturated carbocycles. The number of carbonyl (C=O) groups is 1. The quantitative estimate of drug-likeness (QED) is 0.934. The number of nitrogens with one attached hydrogen (secondary N) is 1. The zero-order chi connectivity index (χ0) is 14.0. The van der Waals surface area contributed by atoms with Gasteiger partial charge in [0, 0.05) is 5.02 Å². The van der Waals surface area contributed by atoms with Crippen LogP contribution in [-0.4, -0.2) is 11.1 Å². The van der Waals surface area contributed by atoms with Gasteiger partial charge in [-0.2, -0.15) is 0 Å². The van der Waals surface area contributed by atoms with Gasteiger partial charge in [0.15, 0.2) is 0 Å². The van der Waals surface area contributed by atoms with Crippen molar-refractivity contribution in [2.24, 2.45) is 0 Å². The van der Waals surface area contributed by atoms with Gasteiger partial charge >= 0.3 is 0 Å². The van der Waals surface area contributed by atoms with E-state index in [0.717, 1.165) is 5.56 Å². The summed E-state index contributed by atoms with van der Waals surface area (Å²) in [5.74, 6) is -0.138. The van der Waals surface area contributed by atoms with Gasteiger partial charge in [-0.15, -0.1) is 0 Å². The summed E-state index contributed by atoms with van der Waals surface area (Å²) in [6.07, 6.45) is 1.42.